The van der Waals surface area contributed by atoms with E-state index in [-0.39, 0.29) is 18.6 Å². The fourth-order valence-electron chi connectivity index (χ4n) is 1.15. The van der Waals surface area contributed by atoms with E-state index in [4.69, 9.17) is 16.6 Å². The van der Waals surface area contributed by atoms with Gasteiger partial charge in [-0.3, -0.25) is 9.59 Å². The Bertz CT molecular complexity index is 206. The number of rotatable bonds is 7. The summed E-state index contributed by atoms with van der Waals surface area (Å²) >= 11 is 0. The molecular formula is C9H18N2O3. The highest BCUT2D eigenvalue weighted by Gasteiger charge is 2.20. The van der Waals surface area contributed by atoms with Crippen molar-refractivity contribution >= 4 is 11.8 Å². The fraction of sp³-hybridized carbons (Fsp3) is 0.778. The van der Waals surface area contributed by atoms with Crippen molar-refractivity contribution in [1.82, 2.24) is 0 Å². The van der Waals surface area contributed by atoms with Crippen molar-refractivity contribution in [2.45, 2.75) is 44.7 Å². The molecule has 14 heavy (non-hydrogen) atoms. The number of carbonyl (C=O) groups excluding carboxylic acids is 1. The number of hydrogen-bond donors (Lipinski definition) is 3. The topological polar surface area (TPSA) is 106 Å². The molecule has 0 aliphatic rings. The third-order valence-corrected chi connectivity index (χ3v) is 2.00. The summed E-state index contributed by atoms with van der Waals surface area (Å²) < 4.78 is 0. The Balaban J connectivity index is 3.91. The lowest BCUT2D eigenvalue weighted by Crippen LogP contribution is -2.43. The highest BCUT2D eigenvalue weighted by molar-refractivity contribution is 5.88. The molecule has 0 bridgehead atoms. The summed E-state index contributed by atoms with van der Waals surface area (Å²) in [4.78, 5) is 21.6. The number of carboxylic acids is 1. The monoisotopic (exact) mass is 202 g/mol. The van der Waals surface area contributed by atoms with Gasteiger partial charge < -0.3 is 16.6 Å². The maximum atomic E-state index is 11.4. The van der Waals surface area contributed by atoms with Crippen molar-refractivity contribution in [3.05, 3.63) is 0 Å². The second-order valence-electron chi connectivity index (χ2n) is 3.34. The molecule has 0 amide bonds. The van der Waals surface area contributed by atoms with Gasteiger partial charge in [0, 0.05) is 6.42 Å². The Morgan fingerprint density at radius 1 is 1.21 bits per heavy atom. The van der Waals surface area contributed by atoms with Crippen molar-refractivity contribution in [3.8, 4) is 0 Å². The van der Waals surface area contributed by atoms with Gasteiger partial charge in [0.2, 0.25) is 0 Å². The largest absolute Gasteiger partial charge is 0.481 e. The first-order valence-electron chi connectivity index (χ1n) is 4.75. The number of aliphatic carboxylic acids is 1. The van der Waals surface area contributed by atoms with Crippen LogP contribution in [0.25, 0.3) is 0 Å². The molecule has 5 nitrogen and oxygen atoms in total. The second kappa shape index (κ2) is 6.50. The van der Waals surface area contributed by atoms with Crippen LogP contribution in [0, 0.1) is 0 Å². The number of carbonyl (C=O) groups is 2. The van der Waals surface area contributed by atoms with Crippen LogP contribution in [-0.4, -0.2) is 28.9 Å². The average molecular weight is 202 g/mol. The van der Waals surface area contributed by atoms with Gasteiger partial charge in [-0.2, -0.15) is 0 Å². The molecule has 0 rings (SSSR count). The first-order valence-corrected chi connectivity index (χ1v) is 4.75. The van der Waals surface area contributed by atoms with Crippen LogP contribution in [0.4, 0.5) is 0 Å². The number of carboxylic acid groups (broad SMARTS) is 1. The summed E-state index contributed by atoms with van der Waals surface area (Å²) in [7, 11) is 0. The van der Waals surface area contributed by atoms with Gasteiger partial charge in [0.05, 0.1) is 12.1 Å². The molecule has 0 spiro atoms. The molecule has 82 valence electrons. The van der Waals surface area contributed by atoms with Crippen LogP contribution in [0.15, 0.2) is 0 Å². The molecule has 0 aliphatic heterocycles. The summed E-state index contributed by atoms with van der Waals surface area (Å²) in [6, 6.07) is -1.29. The van der Waals surface area contributed by atoms with Crippen molar-refractivity contribution in [1.29, 1.82) is 0 Å². The molecule has 0 aromatic rings. The Morgan fingerprint density at radius 3 is 2.14 bits per heavy atom. The molecule has 0 aromatic carbocycles. The molecule has 0 saturated heterocycles. The number of ketones is 1. The van der Waals surface area contributed by atoms with E-state index in [2.05, 4.69) is 0 Å². The quantitative estimate of drug-likeness (QED) is 0.533. The lowest BCUT2D eigenvalue weighted by atomic mass is 9.99. The summed E-state index contributed by atoms with van der Waals surface area (Å²) in [5.41, 5.74) is 11.1. The van der Waals surface area contributed by atoms with Gasteiger partial charge in [0.15, 0.2) is 5.78 Å². The van der Waals surface area contributed by atoms with E-state index in [0.29, 0.717) is 6.42 Å². The Morgan fingerprint density at radius 2 is 1.71 bits per heavy atom. The number of nitrogens with two attached hydrogens (primary N) is 2. The SMILES string of the molecule is CCCC(N)C(=O)[C@@H](N)CCC(=O)O. The standard InChI is InChI=1S/C9H18N2O3/c1-2-3-6(10)9(14)7(11)4-5-8(12)13/h6-7H,2-5,10-11H2,1H3,(H,12,13)/t6?,7-/m0/s1. The normalized spacial score (nSPS) is 14.8. The van der Waals surface area contributed by atoms with Crippen molar-refractivity contribution in [2.24, 2.45) is 11.5 Å². The molecule has 0 saturated carbocycles. The Labute approximate surface area is 83.5 Å². The van der Waals surface area contributed by atoms with Gasteiger partial charge in [-0.25, -0.2) is 0 Å². The van der Waals surface area contributed by atoms with Gasteiger partial charge in [-0.05, 0) is 12.8 Å². The van der Waals surface area contributed by atoms with Crippen LogP contribution in [-0.2, 0) is 9.59 Å². The van der Waals surface area contributed by atoms with Gasteiger partial charge in [0.25, 0.3) is 0 Å². The number of hydrogen-bond acceptors (Lipinski definition) is 4. The predicted molar refractivity (Wildman–Crippen MR) is 52.7 cm³/mol. The summed E-state index contributed by atoms with van der Waals surface area (Å²) in [6.45, 7) is 1.93. The number of Topliss-reactive ketones (excluding diaryl/α,β-unsaturated/α-hetero) is 1. The highest BCUT2D eigenvalue weighted by atomic mass is 16.4. The van der Waals surface area contributed by atoms with E-state index in [1.54, 1.807) is 0 Å². The van der Waals surface area contributed by atoms with E-state index >= 15 is 0 Å². The highest BCUT2D eigenvalue weighted by Crippen LogP contribution is 2.02. The molecule has 0 aromatic heterocycles. The second-order valence-corrected chi connectivity index (χ2v) is 3.34. The lowest BCUT2D eigenvalue weighted by molar-refractivity contribution is -0.137. The summed E-state index contributed by atoms with van der Waals surface area (Å²) in [6.07, 6.45) is 1.48. The van der Waals surface area contributed by atoms with Gasteiger partial charge in [0.1, 0.15) is 0 Å². The Kier molecular flexibility index (Phi) is 6.07. The van der Waals surface area contributed by atoms with Crippen LogP contribution < -0.4 is 11.5 Å². The maximum absolute atomic E-state index is 11.4. The lowest BCUT2D eigenvalue weighted by Gasteiger charge is -2.14. The first kappa shape index (κ1) is 13.1. The zero-order valence-electron chi connectivity index (χ0n) is 8.40. The maximum Gasteiger partial charge on any atom is 0.303 e. The minimum Gasteiger partial charge on any atom is -0.481 e. The zero-order chi connectivity index (χ0) is 11.1. The van der Waals surface area contributed by atoms with Crippen LogP contribution in [0.3, 0.4) is 0 Å². The first-order chi connectivity index (χ1) is 6.49. The molecular weight excluding hydrogens is 184 g/mol. The van der Waals surface area contributed by atoms with E-state index in [9.17, 15) is 9.59 Å². The van der Waals surface area contributed by atoms with Gasteiger partial charge in [-0.1, -0.05) is 13.3 Å². The average Bonchev–Trinajstić information content (AvgIpc) is 2.13. The molecule has 0 heterocycles. The smallest absolute Gasteiger partial charge is 0.303 e. The minimum absolute atomic E-state index is 0.0915. The van der Waals surface area contributed by atoms with Crippen molar-refractivity contribution < 1.29 is 14.7 Å². The van der Waals surface area contributed by atoms with Crippen LogP contribution >= 0.6 is 0 Å². The molecule has 5 heteroatoms. The molecule has 0 aliphatic carbocycles. The van der Waals surface area contributed by atoms with E-state index in [0.717, 1.165) is 6.42 Å². The molecule has 2 atom stereocenters. The Hall–Kier alpha value is -0.940. The zero-order valence-corrected chi connectivity index (χ0v) is 8.40. The fourth-order valence-corrected chi connectivity index (χ4v) is 1.15. The van der Waals surface area contributed by atoms with Gasteiger partial charge in [-0.15, -0.1) is 0 Å². The minimum atomic E-state index is -0.947. The van der Waals surface area contributed by atoms with Crippen molar-refractivity contribution in [2.75, 3.05) is 0 Å². The molecule has 0 radical (unpaired) electrons. The van der Waals surface area contributed by atoms with Crippen LogP contribution in [0.5, 0.6) is 0 Å². The molecule has 0 fully saturated rings. The summed E-state index contributed by atoms with van der Waals surface area (Å²) in [5, 5.41) is 8.39. The van der Waals surface area contributed by atoms with E-state index in [1.165, 1.54) is 0 Å². The van der Waals surface area contributed by atoms with Crippen LogP contribution in [0.1, 0.15) is 32.6 Å². The third-order valence-electron chi connectivity index (χ3n) is 2.00. The summed E-state index contributed by atoms with van der Waals surface area (Å²) in [5.74, 6) is -1.19. The van der Waals surface area contributed by atoms with E-state index < -0.39 is 18.1 Å². The van der Waals surface area contributed by atoms with Crippen LogP contribution in [0.2, 0.25) is 0 Å². The third kappa shape index (κ3) is 4.94. The van der Waals surface area contributed by atoms with Gasteiger partial charge >= 0.3 is 5.97 Å². The predicted octanol–water partition coefficient (Wildman–Crippen LogP) is -0.125. The van der Waals surface area contributed by atoms with Crippen molar-refractivity contribution in [3.63, 3.8) is 0 Å². The van der Waals surface area contributed by atoms with E-state index in [1.807, 2.05) is 6.92 Å². The molecule has 5 N–H and O–H groups in total. The molecule has 1 unspecified atom stereocenters.